The monoisotopic (exact) mass is 257 g/mol. The third-order valence-electron chi connectivity index (χ3n) is 3.91. The van der Waals surface area contributed by atoms with Crippen molar-refractivity contribution in [3.05, 3.63) is 29.0 Å². The van der Waals surface area contributed by atoms with E-state index in [0.29, 0.717) is 0 Å². The number of nitrogens with one attached hydrogen (secondary N) is 1. The molecule has 0 unspecified atom stereocenters. The zero-order valence-corrected chi connectivity index (χ0v) is 11.4. The van der Waals surface area contributed by atoms with E-state index < -0.39 is 0 Å². The molecule has 1 aromatic heterocycles. The summed E-state index contributed by atoms with van der Waals surface area (Å²) >= 11 is 0. The summed E-state index contributed by atoms with van der Waals surface area (Å²) in [6, 6.07) is 4.03. The number of ether oxygens (including phenoxy) is 1. The molecule has 3 N–H and O–H groups in total. The molecule has 0 fully saturated rings. The van der Waals surface area contributed by atoms with E-state index in [2.05, 4.69) is 12.3 Å². The van der Waals surface area contributed by atoms with Crippen LogP contribution in [-0.4, -0.2) is 12.1 Å². The topological polar surface area (TPSA) is 60.2 Å². The summed E-state index contributed by atoms with van der Waals surface area (Å²) in [5, 5.41) is 1.06. The van der Waals surface area contributed by atoms with Gasteiger partial charge in [-0.05, 0) is 55.9 Å². The van der Waals surface area contributed by atoms with Crippen LogP contribution in [0.15, 0.2) is 12.1 Å². The average Bonchev–Trinajstić information content (AvgIpc) is 2.45. The number of methoxy groups -OCH3 is 1. The number of hydrogen-bond donors (Lipinski definition) is 2. The van der Waals surface area contributed by atoms with Gasteiger partial charge in [0.15, 0.2) is 0 Å². The molecule has 1 aliphatic carbocycles. The molecule has 0 spiro atoms. The molecule has 4 heteroatoms. The van der Waals surface area contributed by atoms with Crippen LogP contribution in [0.25, 0.3) is 10.9 Å². The van der Waals surface area contributed by atoms with E-state index in [4.69, 9.17) is 15.6 Å². The minimum atomic E-state index is 0.846. The van der Waals surface area contributed by atoms with E-state index in [1.807, 2.05) is 12.1 Å². The molecule has 1 aromatic carbocycles. The van der Waals surface area contributed by atoms with Crippen molar-refractivity contribution in [2.45, 2.75) is 32.6 Å². The Hall–Kier alpha value is -1.81. The maximum absolute atomic E-state index is 5.76. The molecular weight excluding hydrogens is 238 g/mol. The van der Waals surface area contributed by atoms with Crippen LogP contribution in [0.4, 0.5) is 5.69 Å². The van der Waals surface area contributed by atoms with E-state index in [9.17, 15) is 0 Å². The minimum absolute atomic E-state index is 0.846. The van der Waals surface area contributed by atoms with Crippen molar-refractivity contribution in [3.63, 3.8) is 0 Å². The van der Waals surface area contributed by atoms with E-state index in [0.717, 1.165) is 40.7 Å². The maximum atomic E-state index is 5.76. The molecule has 1 aliphatic rings. The number of anilines is 1. The number of fused-ring (bicyclic) bond motifs is 2. The van der Waals surface area contributed by atoms with E-state index in [1.165, 1.54) is 24.1 Å². The quantitative estimate of drug-likeness (QED) is 0.641. The van der Waals surface area contributed by atoms with Gasteiger partial charge in [0.2, 0.25) is 0 Å². The predicted octanol–water partition coefficient (Wildman–Crippen LogP) is 2.72. The molecule has 0 aliphatic heterocycles. The van der Waals surface area contributed by atoms with E-state index in [-0.39, 0.29) is 0 Å². The van der Waals surface area contributed by atoms with E-state index in [1.54, 1.807) is 7.11 Å². The fourth-order valence-electron chi connectivity index (χ4n) is 2.95. The van der Waals surface area contributed by atoms with Gasteiger partial charge in [-0.2, -0.15) is 0 Å². The molecule has 0 saturated heterocycles. The number of benzene rings is 1. The number of aryl methyl sites for hydroxylation is 2. The Morgan fingerprint density at radius 3 is 2.79 bits per heavy atom. The number of nitrogens with zero attached hydrogens (tertiary/aromatic N) is 1. The smallest absolute Gasteiger partial charge is 0.119 e. The highest BCUT2D eigenvalue weighted by atomic mass is 16.5. The number of aromatic nitrogens is 1. The first-order chi connectivity index (χ1) is 9.24. The number of rotatable bonds is 2. The van der Waals surface area contributed by atoms with Crippen LogP contribution in [0.3, 0.4) is 0 Å². The fraction of sp³-hybridized carbons (Fsp3) is 0.400. The Morgan fingerprint density at radius 2 is 2.05 bits per heavy atom. The molecule has 100 valence electrons. The highest BCUT2D eigenvalue weighted by molar-refractivity contribution is 5.96. The lowest BCUT2D eigenvalue weighted by Gasteiger charge is -2.21. The third-order valence-corrected chi connectivity index (χ3v) is 3.91. The Balaban J connectivity index is 2.36. The summed E-state index contributed by atoms with van der Waals surface area (Å²) in [7, 11) is 1.68. The second-order valence-corrected chi connectivity index (χ2v) is 5.10. The van der Waals surface area contributed by atoms with Gasteiger partial charge in [0, 0.05) is 11.1 Å². The van der Waals surface area contributed by atoms with Crippen LogP contribution in [0.5, 0.6) is 5.75 Å². The molecule has 2 aromatic rings. The molecule has 0 atom stereocenters. The Morgan fingerprint density at radius 1 is 1.26 bits per heavy atom. The second kappa shape index (κ2) is 4.70. The Labute approximate surface area is 112 Å². The van der Waals surface area contributed by atoms with Crippen molar-refractivity contribution in [2.75, 3.05) is 12.5 Å². The highest BCUT2D eigenvalue weighted by Gasteiger charge is 2.19. The van der Waals surface area contributed by atoms with Gasteiger partial charge in [-0.25, -0.2) is 0 Å². The van der Waals surface area contributed by atoms with Gasteiger partial charge in [0.1, 0.15) is 5.75 Å². The van der Waals surface area contributed by atoms with Crippen LogP contribution >= 0.6 is 0 Å². The van der Waals surface area contributed by atoms with Crippen molar-refractivity contribution in [2.24, 2.45) is 5.84 Å². The number of hydrogen-bond acceptors (Lipinski definition) is 4. The normalized spacial score (nSPS) is 14.3. The van der Waals surface area contributed by atoms with Crippen LogP contribution in [0.2, 0.25) is 0 Å². The second-order valence-electron chi connectivity index (χ2n) is 5.10. The number of hydrazine groups is 1. The first-order valence-electron chi connectivity index (χ1n) is 6.71. The third kappa shape index (κ3) is 1.92. The number of nitrogen functional groups attached to an aromatic ring is 1. The number of pyridine rings is 1. The Bertz CT molecular complexity index is 637. The molecular formula is C15H19N3O. The average molecular weight is 257 g/mol. The summed E-state index contributed by atoms with van der Waals surface area (Å²) < 4.78 is 5.35. The molecule has 0 radical (unpaired) electrons. The van der Waals surface area contributed by atoms with Crippen LogP contribution in [-0.2, 0) is 12.8 Å². The van der Waals surface area contributed by atoms with Crippen LogP contribution < -0.4 is 16.0 Å². The largest absolute Gasteiger partial charge is 0.497 e. The van der Waals surface area contributed by atoms with Crippen LogP contribution in [0, 0.1) is 6.92 Å². The zero-order chi connectivity index (χ0) is 13.4. The highest BCUT2D eigenvalue weighted by Crippen LogP contribution is 2.35. The molecule has 0 bridgehead atoms. The lowest BCUT2D eigenvalue weighted by molar-refractivity contribution is 0.415. The zero-order valence-electron chi connectivity index (χ0n) is 11.4. The lowest BCUT2D eigenvalue weighted by Crippen LogP contribution is -2.15. The Kier molecular flexibility index (Phi) is 3.03. The predicted molar refractivity (Wildman–Crippen MR) is 77.5 cm³/mol. The van der Waals surface area contributed by atoms with Gasteiger partial charge in [-0.1, -0.05) is 0 Å². The van der Waals surface area contributed by atoms with Crippen molar-refractivity contribution >= 4 is 16.6 Å². The molecule has 1 heterocycles. The molecule has 0 amide bonds. The van der Waals surface area contributed by atoms with Crippen LogP contribution in [0.1, 0.15) is 29.7 Å². The van der Waals surface area contributed by atoms with Crippen molar-refractivity contribution < 1.29 is 4.74 Å². The minimum Gasteiger partial charge on any atom is -0.497 e. The maximum Gasteiger partial charge on any atom is 0.119 e. The lowest BCUT2D eigenvalue weighted by atomic mass is 9.92. The standard InChI is InChI=1S/C15H19N3O/c1-9-7-10(19-2)8-12-14(9)17-13-6-4-3-5-11(13)15(12)18-16/h7-8H,3-6,16H2,1-2H3,(H,17,18). The van der Waals surface area contributed by atoms with Crippen molar-refractivity contribution in [3.8, 4) is 5.75 Å². The summed E-state index contributed by atoms with van der Waals surface area (Å²) in [6.45, 7) is 2.06. The molecule has 0 saturated carbocycles. The summed E-state index contributed by atoms with van der Waals surface area (Å²) in [5.41, 5.74) is 8.51. The molecule has 19 heavy (non-hydrogen) atoms. The van der Waals surface area contributed by atoms with Gasteiger partial charge in [0.05, 0.1) is 18.3 Å². The first-order valence-corrected chi connectivity index (χ1v) is 6.71. The van der Waals surface area contributed by atoms with Crippen molar-refractivity contribution in [1.82, 2.24) is 4.98 Å². The van der Waals surface area contributed by atoms with E-state index >= 15 is 0 Å². The summed E-state index contributed by atoms with van der Waals surface area (Å²) in [5.74, 6) is 6.61. The molecule has 3 rings (SSSR count). The SMILES string of the molecule is COc1cc(C)c2nc3c(c(NN)c2c1)CCCC3. The fourth-order valence-corrected chi connectivity index (χ4v) is 2.95. The van der Waals surface area contributed by atoms with Gasteiger partial charge >= 0.3 is 0 Å². The van der Waals surface area contributed by atoms with Gasteiger partial charge in [-0.3, -0.25) is 10.8 Å². The van der Waals surface area contributed by atoms with Gasteiger partial charge < -0.3 is 10.2 Å². The van der Waals surface area contributed by atoms with Gasteiger partial charge in [0.25, 0.3) is 0 Å². The molecule has 4 nitrogen and oxygen atoms in total. The van der Waals surface area contributed by atoms with Crippen molar-refractivity contribution in [1.29, 1.82) is 0 Å². The van der Waals surface area contributed by atoms with Gasteiger partial charge in [-0.15, -0.1) is 0 Å². The first kappa shape index (κ1) is 12.2. The number of nitrogens with two attached hydrogens (primary N) is 1. The summed E-state index contributed by atoms with van der Waals surface area (Å²) in [4.78, 5) is 4.85. The summed E-state index contributed by atoms with van der Waals surface area (Å²) in [6.07, 6.45) is 4.52.